The largest absolute Gasteiger partial charge is 0.464 e. The molecule has 0 aromatic heterocycles. The Morgan fingerprint density at radius 1 is 1.77 bits per heavy atom. The molecular formula is C7H13ClN2O3. The van der Waals surface area contributed by atoms with Gasteiger partial charge < -0.3 is 15.8 Å². The van der Waals surface area contributed by atoms with Gasteiger partial charge in [-0.1, -0.05) is 0 Å². The fourth-order valence-electron chi connectivity index (χ4n) is 1.10. The Bertz CT molecular complexity index is 222. The maximum atomic E-state index is 11.2. The van der Waals surface area contributed by atoms with Gasteiger partial charge >= 0.3 is 5.97 Å². The SMILES string of the molecule is CCOC(=O)C1(N)CCNC1=O.Cl. The molecule has 0 aliphatic carbocycles. The van der Waals surface area contributed by atoms with Crippen molar-refractivity contribution in [2.24, 2.45) is 5.73 Å². The number of rotatable bonds is 2. The van der Waals surface area contributed by atoms with E-state index in [1.165, 1.54) is 0 Å². The maximum Gasteiger partial charge on any atom is 0.336 e. The summed E-state index contributed by atoms with van der Waals surface area (Å²) in [5.74, 6) is -1.08. The van der Waals surface area contributed by atoms with Crippen molar-refractivity contribution in [3.05, 3.63) is 0 Å². The molecule has 1 heterocycles. The molecule has 1 fully saturated rings. The van der Waals surface area contributed by atoms with Crippen molar-refractivity contribution in [3.63, 3.8) is 0 Å². The van der Waals surface area contributed by atoms with Gasteiger partial charge in [-0.3, -0.25) is 4.79 Å². The fourth-order valence-corrected chi connectivity index (χ4v) is 1.10. The molecule has 5 nitrogen and oxygen atoms in total. The predicted octanol–water partition coefficient (Wildman–Crippen LogP) is -0.811. The zero-order chi connectivity index (χ0) is 9.19. The molecule has 1 amide bonds. The number of hydrogen-bond donors (Lipinski definition) is 2. The number of ether oxygens (including phenoxy) is 1. The highest BCUT2D eigenvalue weighted by molar-refractivity contribution is 6.08. The van der Waals surface area contributed by atoms with Crippen LogP contribution >= 0.6 is 12.4 Å². The third kappa shape index (κ3) is 2.10. The third-order valence-corrected chi connectivity index (χ3v) is 1.85. The van der Waals surface area contributed by atoms with Crippen molar-refractivity contribution in [1.82, 2.24) is 5.32 Å². The third-order valence-electron chi connectivity index (χ3n) is 1.85. The summed E-state index contributed by atoms with van der Waals surface area (Å²) in [6, 6.07) is 0. The van der Waals surface area contributed by atoms with Crippen molar-refractivity contribution >= 4 is 24.3 Å². The van der Waals surface area contributed by atoms with Gasteiger partial charge in [0.25, 0.3) is 5.91 Å². The molecule has 0 radical (unpaired) electrons. The monoisotopic (exact) mass is 208 g/mol. The molecule has 76 valence electrons. The van der Waals surface area contributed by atoms with Crippen LogP contribution in [0.2, 0.25) is 0 Å². The van der Waals surface area contributed by atoms with E-state index in [2.05, 4.69) is 10.1 Å². The number of hydrogen-bond acceptors (Lipinski definition) is 4. The Morgan fingerprint density at radius 2 is 2.38 bits per heavy atom. The standard InChI is InChI=1S/C7H12N2O3.ClH/c1-2-12-6(11)7(8)3-4-9-5(7)10;/h2-4,8H2,1H3,(H,9,10);1H. The first-order valence-electron chi connectivity index (χ1n) is 3.85. The van der Waals surface area contributed by atoms with Crippen LogP contribution in [0, 0.1) is 0 Å². The lowest BCUT2D eigenvalue weighted by molar-refractivity contribution is -0.152. The van der Waals surface area contributed by atoms with Crippen LogP contribution < -0.4 is 11.1 Å². The van der Waals surface area contributed by atoms with Gasteiger partial charge in [0, 0.05) is 13.0 Å². The molecule has 0 aromatic carbocycles. The predicted molar refractivity (Wildman–Crippen MR) is 48.4 cm³/mol. The number of carbonyl (C=O) groups is 2. The van der Waals surface area contributed by atoms with Gasteiger partial charge in [0.1, 0.15) is 0 Å². The second kappa shape index (κ2) is 4.43. The van der Waals surface area contributed by atoms with Crippen LogP contribution in [0.15, 0.2) is 0 Å². The molecule has 1 unspecified atom stereocenters. The van der Waals surface area contributed by atoms with Gasteiger partial charge in [-0.2, -0.15) is 0 Å². The summed E-state index contributed by atoms with van der Waals surface area (Å²) < 4.78 is 4.67. The zero-order valence-corrected chi connectivity index (χ0v) is 8.15. The molecule has 0 bridgehead atoms. The van der Waals surface area contributed by atoms with E-state index in [0.29, 0.717) is 13.0 Å². The minimum Gasteiger partial charge on any atom is -0.464 e. The molecule has 0 aromatic rings. The quantitative estimate of drug-likeness (QED) is 0.459. The Kier molecular flexibility index (Phi) is 4.16. The van der Waals surface area contributed by atoms with E-state index in [1.807, 2.05) is 0 Å². The number of halogens is 1. The van der Waals surface area contributed by atoms with Crippen LogP contribution in [0.1, 0.15) is 13.3 Å². The molecule has 1 rings (SSSR count). The highest BCUT2D eigenvalue weighted by atomic mass is 35.5. The van der Waals surface area contributed by atoms with Crippen LogP contribution in [-0.4, -0.2) is 30.6 Å². The summed E-state index contributed by atoms with van der Waals surface area (Å²) in [6.45, 7) is 2.35. The molecule has 3 N–H and O–H groups in total. The molecule has 1 atom stereocenters. The van der Waals surface area contributed by atoms with Gasteiger partial charge in [-0.15, -0.1) is 12.4 Å². The van der Waals surface area contributed by atoms with Crippen LogP contribution in [0.5, 0.6) is 0 Å². The number of carbonyl (C=O) groups excluding carboxylic acids is 2. The van der Waals surface area contributed by atoms with E-state index in [9.17, 15) is 9.59 Å². The topological polar surface area (TPSA) is 81.4 Å². The zero-order valence-electron chi connectivity index (χ0n) is 7.33. The van der Waals surface area contributed by atoms with Crippen LogP contribution in [0.25, 0.3) is 0 Å². The summed E-state index contributed by atoms with van der Waals surface area (Å²) in [7, 11) is 0. The normalized spacial score (nSPS) is 26.2. The first kappa shape index (κ1) is 12.2. The summed E-state index contributed by atoms with van der Waals surface area (Å²) in [4.78, 5) is 22.2. The Hall–Kier alpha value is -0.810. The maximum absolute atomic E-state index is 11.2. The molecule has 6 heteroatoms. The van der Waals surface area contributed by atoms with E-state index < -0.39 is 17.4 Å². The molecular weight excluding hydrogens is 196 g/mol. The first-order valence-corrected chi connectivity index (χ1v) is 3.85. The summed E-state index contributed by atoms with van der Waals surface area (Å²) in [5.41, 5.74) is 4.10. The van der Waals surface area contributed by atoms with E-state index in [4.69, 9.17) is 5.73 Å². The Labute approximate surface area is 82.4 Å². The van der Waals surface area contributed by atoms with Crippen LogP contribution in [0.4, 0.5) is 0 Å². The van der Waals surface area contributed by atoms with Crippen molar-refractivity contribution in [2.45, 2.75) is 18.9 Å². The second-order valence-corrected chi connectivity index (χ2v) is 2.70. The highest BCUT2D eigenvalue weighted by Gasteiger charge is 2.46. The lowest BCUT2D eigenvalue weighted by Crippen LogP contribution is -2.54. The van der Waals surface area contributed by atoms with Crippen molar-refractivity contribution in [2.75, 3.05) is 13.2 Å². The lowest BCUT2D eigenvalue weighted by atomic mass is 10.00. The highest BCUT2D eigenvalue weighted by Crippen LogP contribution is 2.14. The minimum atomic E-state index is -1.45. The number of nitrogens with one attached hydrogen (secondary N) is 1. The smallest absolute Gasteiger partial charge is 0.336 e. The molecule has 0 spiro atoms. The fraction of sp³-hybridized carbons (Fsp3) is 0.714. The van der Waals surface area contributed by atoms with E-state index in [1.54, 1.807) is 6.92 Å². The van der Waals surface area contributed by atoms with Crippen molar-refractivity contribution in [3.8, 4) is 0 Å². The van der Waals surface area contributed by atoms with E-state index in [-0.39, 0.29) is 19.0 Å². The van der Waals surface area contributed by atoms with Gasteiger partial charge in [0.2, 0.25) is 0 Å². The Balaban J connectivity index is 0.00000144. The Morgan fingerprint density at radius 3 is 2.77 bits per heavy atom. The van der Waals surface area contributed by atoms with E-state index >= 15 is 0 Å². The van der Waals surface area contributed by atoms with Gasteiger partial charge in [-0.25, -0.2) is 4.79 Å². The lowest BCUT2D eigenvalue weighted by Gasteiger charge is -2.17. The first-order chi connectivity index (χ1) is 5.61. The number of esters is 1. The van der Waals surface area contributed by atoms with Gasteiger partial charge in [0.05, 0.1) is 6.61 Å². The van der Waals surface area contributed by atoms with Gasteiger partial charge in [-0.05, 0) is 6.92 Å². The van der Waals surface area contributed by atoms with E-state index in [0.717, 1.165) is 0 Å². The molecule has 13 heavy (non-hydrogen) atoms. The molecule has 0 saturated carbocycles. The number of nitrogens with two attached hydrogens (primary N) is 1. The number of amides is 1. The average Bonchev–Trinajstić information content (AvgIpc) is 2.34. The molecule has 1 aliphatic rings. The van der Waals surface area contributed by atoms with Crippen molar-refractivity contribution in [1.29, 1.82) is 0 Å². The summed E-state index contributed by atoms with van der Waals surface area (Å²) in [5, 5.41) is 2.48. The summed E-state index contributed by atoms with van der Waals surface area (Å²) >= 11 is 0. The van der Waals surface area contributed by atoms with Crippen LogP contribution in [-0.2, 0) is 14.3 Å². The minimum absolute atomic E-state index is 0. The molecule has 1 aliphatic heterocycles. The van der Waals surface area contributed by atoms with Crippen molar-refractivity contribution < 1.29 is 14.3 Å². The average molecular weight is 209 g/mol. The summed E-state index contributed by atoms with van der Waals surface area (Å²) in [6.07, 6.45) is 0.310. The van der Waals surface area contributed by atoms with Crippen LogP contribution in [0.3, 0.4) is 0 Å². The molecule has 1 saturated heterocycles. The second-order valence-electron chi connectivity index (χ2n) is 2.70. The van der Waals surface area contributed by atoms with Gasteiger partial charge in [0.15, 0.2) is 5.54 Å².